The number of hydrogen-bond acceptors (Lipinski definition) is 22. The largest absolute Gasteiger partial charge is 0.508 e. The molecule has 0 spiro atoms. The number of ether oxygens (including phenoxy) is 4. The Hall–Kier alpha value is -9.08. The average molecular weight is 1310 g/mol. The second-order valence-corrected chi connectivity index (χ2v) is 23.1. The minimum Gasteiger partial charge on any atom is -0.508 e. The fourth-order valence-corrected chi connectivity index (χ4v) is 11.2. The highest BCUT2D eigenvalue weighted by molar-refractivity contribution is 6.32. The molecular weight excluding hydrogens is 1240 g/mol. The number of primary amides is 2. The summed E-state index contributed by atoms with van der Waals surface area (Å²) in [5.41, 5.74) is 9.08. The lowest BCUT2D eigenvalue weighted by molar-refractivity contribution is -0.277. The molecule has 30 nitrogen and oxygen atoms in total. The predicted molar refractivity (Wildman–Crippen MR) is 314 cm³/mol. The zero-order chi connectivity index (χ0) is 66.2. The molecule has 484 valence electrons. The molecule has 14 atom stereocenters. The van der Waals surface area contributed by atoms with Crippen LogP contribution in [0, 0.1) is 5.92 Å². The van der Waals surface area contributed by atoms with E-state index in [-0.39, 0.29) is 45.6 Å². The van der Waals surface area contributed by atoms with E-state index in [2.05, 4.69) is 37.2 Å². The van der Waals surface area contributed by atoms with Crippen molar-refractivity contribution in [3.8, 4) is 57.1 Å². The van der Waals surface area contributed by atoms with Gasteiger partial charge in [-0.3, -0.25) is 38.4 Å². The number of phenols is 3. The van der Waals surface area contributed by atoms with Crippen molar-refractivity contribution in [1.82, 2.24) is 37.2 Å². The smallest absolute Gasteiger partial charge is 0.248 e. The minimum atomic E-state index is -2.30. The van der Waals surface area contributed by atoms with Crippen LogP contribution in [0.25, 0.3) is 11.1 Å². The zero-order valence-corrected chi connectivity index (χ0v) is 49.6. The average Bonchev–Trinajstić information content (AvgIpc) is 0.790. The number of aromatic hydroxyl groups is 3. The van der Waals surface area contributed by atoms with Gasteiger partial charge in [0.05, 0.1) is 29.1 Å². The molecule has 0 aliphatic carbocycles. The lowest BCUT2D eigenvalue weighted by atomic mass is 9.89. The van der Waals surface area contributed by atoms with Gasteiger partial charge in [-0.05, 0) is 102 Å². The number of rotatable bonds is 11. The lowest BCUT2D eigenvalue weighted by Crippen LogP contribution is -2.60. The van der Waals surface area contributed by atoms with E-state index in [4.69, 9.17) is 53.6 Å². The predicted octanol–water partition coefficient (Wildman–Crippen LogP) is -0.731. The molecule has 32 heteroatoms. The van der Waals surface area contributed by atoms with Gasteiger partial charge < -0.3 is 114 Å². The van der Waals surface area contributed by atoms with Crippen LogP contribution < -0.4 is 62.9 Å². The maximum Gasteiger partial charge on any atom is 0.248 e. The highest BCUT2D eigenvalue weighted by Gasteiger charge is 2.47. The molecular formula is C59H63Cl2N9O21. The van der Waals surface area contributed by atoms with Crippen LogP contribution in [0.3, 0.4) is 0 Å². The summed E-state index contributed by atoms with van der Waals surface area (Å²) in [6.45, 7) is 2.70. The summed E-state index contributed by atoms with van der Waals surface area (Å²) in [6.07, 6.45) is -14.8. The zero-order valence-electron chi connectivity index (χ0n) is 48.1. The van der Waals surface area contributed by atoms with E-state index >= 15 is 14.4 Å². The molecule has 11 rings (SSSR count). The quantitative estimate of drug-likeness (QED) is 0.0775. The van der Waals surface area contributed by atoms with Crippen LogP contribution in [0.4, 0.5) is 0 Å². The molecule has 6 aliphatic heterocycles. The Balaban J connectivity index is 1.32. The number of halogens is 2. The highest BCUT2D eigenvalue weighted by atomic mass is 35.5. The standard InChI is InChI=1S/C59H63Cl2N9O21/c1-20(2)10-30(64-3)53(82)69-44-46(76)22-5-8-34(28(60)12-22)88-36-14-24-15-37(51(36)91-59-50(80)49(79)48(78)38(19-71)90-59)89-35-9-6-23(13-29(35)61)47(77)45-58(87)68-43(52(63)81)27-16-25(72)17-33(74)40(27)26-11-21(4-7-32(26)73)41(55(84)70-45)67-56(85)42(24)66-54(83)31(18-39(62)75)65-57(44)86/h4-9,11-17,20,30-31,38,41-50,59,64,71-74,76-80H,10,18-19H2,1-3H3,(H2,62,75)(H2,63,81)(H,65,86)(H,66,83)(H,67,85)(H,68,87)(H,69,82)(H,70,84)/t30-,31+,38-,41-,42-,43+,44-,45+,46-,47-,48-,49+,50-,59+/m1/s1. The third-order valence-corrected chi connectivity index (χ3v) is 16.0. The van der Waals surface area contributed by atoms with Crippen LogP contribution in [-0.4, -0.2) is 162 Å². The monoisotopic (exact) mass is 1300 g/mol. The second-order valence-electron chi connectivity index (χ2n) is 22.2. The summed E-state index contributed by atoms with van der Waals surface area (Å²) >= 11 is 13.9. The van der Waals surface area contributed by atoms with Gasteiger partial charge in [-0.1, -0.05) is 55.2 Å². The van der Waals surface area contributed by atoms with Gasteiger partial charge in [0, 0.05) is 17.2 Å². The van der Waals surface area contributed by atoms with Crippen LogP contribution in [0.15, 0.2) is 78.9 Å². The second kappa shape index (κ2) is 27.2. The molecule has 0 radical (unpaired) electrons. The summed E-state index contributed by atoms with van der Waals surface area (Å²) in [7, 11) is 1.48. The Morgan fingerprint density at radius 2 is 1.24 bits per heavy atom. The van der Waals surface area contributed by atoms with Crippen LogP contribution in [0.1, 0.15) is 84.8 Å². The van der Waals surface area contributed by atoms with E-state index in [1.807, 2.05) is 13.8 Å². The SMILES string of the molecule is CN[C@H](CC(C)C)C(=O)N[C@H]1C(=O)N[C@@H](CC(N)=O)C(=O)N[C@H]2C(=O)N[C@H]3C(=O)N[C@H](C(=O)N[C@H](C(N)=O)c4cc(O)cc(O)c4-c4cc3ccc4O)[C@H](O)c3ccc(c(Cl)c3)Oc3cc2cc(c3O[C@@H]2O[C@H](CO)[C@@H](O)[C@H](O)[C@H]2O)Oc2ccc(cc2Cl)[C@H]1O. The van der Waals surface area contributed by atoms with Crippen LogP contribution in [-0.2, 0) is 43.1 Å². The molecule has 8 amide bonds. The topological polar surface area (TPSA) is 492 Å². The summed E-state index contributed by atoms with van der Waals surface area (Å²) in [4.78, 5) is 116. The van der Waals surface area contributed by atoms with E-state index in [0.29, 0.717) is 0 Å². The Morgan fingerprint density at radius 1 is 0.648 bits per heavy atom. The Kier molecular flexibility index (Phi) is 19.8. The van der Waals surface area contributed by atoms with Crippen molar-refractivity contribution in [2.45, 2.75) is 112 Å². The van der Waals surface area contributed by atoms with Crippen molar-refractivity contribution in [2.75, 3.05) is 13.7 Å². The minimum absolute atomic E-state index is 0.0787. The number of nitrogens with two attached hydrogens (primary N) is 2. The Bertz CT molecular complexity index is 3730. The normalized spacial score (nSPS) is 26.2. The van der Waals surface area contributed by atoms with Gasteiger partial charge in [0.2, 0.25) is 59.3 Å². The van der Waals surface area contributed by atoms with Gasteiger partial charge in [0.25, 0.3) is 0 Å². The van der Waals surface area contributed by atoms with E-state index < -0.39 is 207 Å². The molecule has 5 aromatic rings. The molecule has 0 saturated carbocycles. The number of nitrogens with one attached hydrogen (secondary N) is 7. The first kappa shape index (κ1) is 66.3. The fraction of sp³-hybridized carbons (Fsp3) is 0.356. The number of carbonyl (C=O) groups is 8. The summed E-state index contributed by atoms with van der Waals surface area (Å²) in [5, 5.41) is 118. The molecule has 1 fully saturated rings. The van der Waals surface area contributed by atoms with Crippen molar-refractivity contribution in [1.29, 1.82) is 0 Å². The highest BCUT2D eigenvalue weighted by Crippen LogP contribution is 2.49. The fourth-order valence-electron chi connectivity index (χ4n) is 10.8. The summed E-state index contributed by atoms with van der Waals surface area (Å²) in [6, 6.07) is 0.0478. The molecule has 0 unspecified atom stereocenters. The molecule has 0 aromatic heterocycles. The molecule has 6 heterocycles. The van der Waals surface area contributed by atoms with Gasteiger partial charge >= 0.3 is 0 Å². The molecule has 6 aliphatic rings. The molecule has 91 heavy (non-hydrogen) atoms. The molecule has 1 saturated heterocycles. The molecule has 11 bridgehead atoms. The van der Waals surface area contributed by atoms with Crippen molar-refractivity contribution in [3.05, 3.63) is 117 Å². The van der Waals surface area contributed by atoms with Crippen LogP contribution in [0.5, 0.6) is 46.0 Å². The van der Waals surface area contributed by atoms with E-state index in [1.165, 1.54) is 19.2 Å². The number of phenolic OH excluding ortho intramolecular Hbond substituents is 3. The van der Waals surface area contributed by atoms with E-state index in [1.54, 1.807) is 0 Å². The Labute approximate surface area is 525 Å². The first-order chi connectivity index (χ1) is 43.1. The van der Waals surface area contributed by atoms with Crippen molar-refractivity contribution in [2.24, 2.45) is 17.4 Å². The number of hydrogen-bond donors (Lipinski definition) is 18. The number of aliphatic hydroxyl groups is 6. The van der Waals surface area contributed by atoms with Gasteiger partial charge in [0.15, 0.2) is 11.5 Å². The summed E-state index contributed by atoms with van der Waals surface area (Å²) < 4.78 is 24.9. The number of aliphatic hydroxyl groups excluding tert-OH is 6. The van der Waals surface area contributed by atoms with Gasteiger partial charge in [-0.15, -0.1) is 0 Å². The number of carbonyl (C=O) groups excluding carboxylic acids is 8. The van der Waals surface area contributed by atoms with E-state index in [0.717, 1.165) is 66.7 Å². The Morgan fingerprint density at radius 3 is 1.82 bits per heavy atom. The van der Waals surface area contributed by atoms with Gasteiger partial charge in [0.1, 0.15) is 102 Å². The third-order valence-electron chi connectivity index (χ3n) is 15.4. The van der Waals surface area contributed by atoms with Gasteiger partial charge in [-0.2, -0.15) is 0 Å². The maximum atomic E-state index is 15.8. The van der Waals surface area contributed by atoms with Gasteiger partial charge in [-0.25, -0.2) is 0 Å². The lowest BCUT2D eigenvalue weighted by Gasteiger charge is -2.39. The number of likely N-dealkylation sites (N-methyl/N-ethyl adjacent to an activating group) is 1. The van der Waals surface area contributed by atoms with Crippen molar-refractivity contribution in [3.63, 3.8) is 0 Å². The van der Waals surface area contributed by atoms with Crippen LogP contribution in [0.2, 0.25) is 10.0 Å². The number of amides is 8. The number of fused-ring (bicyclic) bond motifs is 15. The first-order valence-electron chi connectivity index (χ1n) is 28.0. The van der Waals surface area contributed by atoms with Crippen LogP contribution >= 0.6 is 23.2 Å². The number of benzene rings is 5. The maximum absolute atomic E-state index is 15.8. The van der Waals surface area contributed by atoms with Crippen molar-refractivity contribution < 1.29 is 103 Å². The van der Waals surface area contributed by atoms with Crippen molar-refractivity contribution >= 4 is 70.5 Å². The summed E-state index contributed by atoms with van der Waals surface area (Å²) in [5.74, 6) is -15.0. The molecule has 5 aromatic carbocycles. The van der Waals surface area contributed by atoms with E-state index in [9.17, 15) is 69.9 Å². The molecule has 20 N–H and O–H groups in total. The first-order valence-corrected chi connectivity index (χ1v) is 28.7. The third kappa shape index (κ3) is 14.0.